The molecule has 1 heterocycles. The topological polar surface area (TPSA) is 53.6 Å². The number of aryl methyl sites for hydroxylation is 2. The van der Waals surface area contributed by atoms with E-state index in [-0.39, 0.29) is 0 Å². The van der Waals surface area contributed by atoms with E-state index in [0.717, 1.165) is 43.7 Å². The van der Waals surface area contributed by atoms with Crippen LogP contribution in [-0.2, 0) is 6.54 Å². The third-order valence-corrected chi connectivity index (χ3v) is 3.92. The van der Waals surface area contributed by atoms with Crippen LogP contribution in [0.15, 0.2) is 24.3 Å². The summed E-state index contributed by atoms with van der Waals surface area (Å²) in [5.74, 6) is 1.04. The van der Waals surface area contributed by atoms with Gasteiger partial charge in [0.15, 0.2) is 0 Å². The highest BCUT2D eigenvalue weighted by Crippen LogP contribution is 2.18. The molecule has 0 saturated heterocycles. The number of imidazole rings is 1. The standard InChI is InChI=1S/C17H24N4/c1-4-11-19-17(3,13-18)10-7-12-21-14(2)20-15-8-5-6-9-16(15)21/h5-6,8-9,19H,4,7,10-12H2,1-3H3. The molecular formula is C17H24N4. The summed E-state index contributed by atoms with van der Waals surface area (Å²) in [6, 6.07) is 10.6. The number of benzene rings is 1. The highest BCUT2D eigenvalue weighted by atomic mass is 15.1. The van der Waals surface area contributed by atoms with Gasteiger partial charge in [-0.05, 0) is 51.8 Å². The maximum atomic E-state index is 9.36. The second-order valence-corrected chi connectivity index (χ2v) is 5.77. The number of nitrogens with one attached hydrogen (secondary N) is 1. The summed E-state index contributed by atoms with van der Waals surface area (Å²) in [7, 11) is 0. The number of hydrogen-bond acceptors (Lipinski definition) is 3. The number of nitrogens with zero attached hydrogens (tertiary/aromatic N) is 3. The van der Waals surface area contributed by atoms with Gasteiger partial charge in [-0.15, -0.1) is 0 Å². The number of hydrogen-bond donors (Lipinski definition) is 1. The highest BCUT2D eigenvalue weighted by molar-refractivity contribution is 5.75. The molecule has 21 heavy (non-hydrogen) atoms. The van der Waals surface area contributed by atoms with E-state index >= 15 is 0 Å². The Kier molecular flexibility index (Phi) is 4.98. The molecule has 1 aromatic heterocycles. The number of fused-ring (bicyclic) bond motifs is 1. The van der Waals surface area contributed by atoms with Gasteiger partial charge in [-0.2, -0.15) is 5.26 Å². The van der Waals surface area contributed by atoms with Crippen molar-refractivity contribution in [2.45, 2.75) is 52.1 Å². The third-order valence-electron chi connectivity index (χ3n) is 3.92. The first-order chi connectivity index (χ1) is 10.1. The number of aromatic nitrogens is 2. The molecule has 1 N–H and O–H groups in total. The molecular weight excluding hydrogens is 260 g/mol. The highest BCUT2D eigenvalue weighted by Gasteiger charge is 2.22. The van der Waals surface area contributed by atoms with Crippen LogP contribution in [-0.4, -0.2) is 21.6 Å². The summed E-state index contributed by atoms with van der Waals surface area (Å²) in [5, 5.41) is 12.7. The van der Waals surface area contributed by atoms with Crippen LogP contribution in [0, 0.1) is 18.3 Å². The molecule has 0 amide bonds. The second-order valence-electron chi connectivity index (χ2n) is 5.77. The Balaban J connectivity index is 2.02. The minimum Gasteiger partial charge on any atom is -0.328 e. The molecule has 1 atom stereocenters. The number of para-hydroxylation sites is 2. The normalized spacial score (nSPS) is 14.0. The van der Waals surface area contributed by atoms with Crippen LogP contribution in [0.2, 0.25) is 0 Å². The van der Waals surface area contributed by atoms with E-state index in [1.165, 1.54) is 5.52 Å². The van der Waals surface area contributed by atoms with E-state index in [2.05, 4.69) is 33.9 Å². The lowest BCUT2D eigenvalue weighted by Crippen LogP contribution is -2.41. The molecule has 2 aromatic rings. The number of rotatable bonds is 7. The van der Waals surface area contributed by atoms with Gasteiger partial charge in [-0.3, -0.25) is 5.32 Å². The minimum atomic E-state index is -0.430. The minimum absolute atomic E-state index is 0.430. The van der Waals surface area contributed by atoms with Crippen LogP contribution in [0.3, 0.4) is 0 Å². The maximum absolute atomic E-state index is 9.36. The van der Waals surface area contributed by atoms with Gasteiger partial charge >= 0.3 is 0 Å². The van der Waals surface area contributed by atoms with Gasteiger partial charge in [0.1, 0.15) is 11.4 Å². The predicted molar refractivity (Wildman–Crippen MR) is 86.0 cm³/mol. The van der Waals surface area contributed by atoms with Crippen LogP contribution in [0.25, 0.3) is 11.0 Å². The molecule has 0 aliphatic carbocycles. The fourth-order valence-electron chi connectivity index (χ4n) is 2.65. The zero-order valence-corrected chi connectivity index (χ0v) is 13.2. The van der Waals surface area contributed by atoms with E-state index in [9.17, 15) is 5.26 Å². The van der Waals surface area contributed by atoms with Crippen LogP contribution >= 0.6 is 0 Å². The summed E-state index contributed by atoms with van der Waals surface area (Å²) in [6.45, 7) is 7.93. The second kappa shape index (κ2) is 6.73. The van der Waals surface area contributed by atoms with Crippen molar-refractivity contribution in [3.63, 3.8) is 0 Å². The van der Waals surface area contributed by atoms with Crippen LogP contribution < -0.4 is 5.32 Å². The van der Waals surface area contributed by atoms with Crippen LogP contribution in [0.4, 0.5) is 0 Å². The average Bonchev–Trinajstić information content (AvgIpc) is 2.81. The van der Waals surface area contributed by atoms with Gasteiger partial charge in [0.05, 0.1) is 17.1 Å². The molecule has 2 rings (SSSR count). The maximum Gasteiger partial charge on any atom is 0.106 e. The van der Waals surface area contributed by atoms with Crippen molar-refractivity contribution in [1.29, 1.82) is 5.26 Å². The van der Waals surface area contributed by atoms with E-state index in [4.69, 9.17) is 0 Å². The lowest BCUT2D eigenvalue weighted by atomic mass is 9.97. The molecule has 4 nitrogen and oxygen atoms in total. The van der Waals surface area contributed by atoms with E-state index in [1.54, 1.807) is 0 Å². The molecule has 1 aromatic carbocycles. The van der Waals surface area contributed by atoms with Gasteiger partial charge in [0.2, 0.25) is 0 Å². The van der Waals surface area contributed by atoms with E-state index in [0.29, 0.717) is 0 Å². The Morgan fingerprint density at radius 3 is 2.86 bits per heavy atom. The van der Waals surface area contributed by atoms with Crippen molar-refractivity contribution in [3.8, 4) is 6.07 Å². The average molecular weight is 284 g/mol. The molecule has 0 spiro atoms. The monoisotopic (exact) mass is 284 g/mol. The van der Waals surface area contributed by atoms with Crippen molar-refractivity contribution in [1.82, 2.24) is 14.9 Å². The molecule has 112 valence electrons. The van der Waals surface area contributed by atoms with Crippen molar-refractivity contribution in [2.24, 2.45) is 0 Å². The zero-order chi connectivity index (χ0) is 15.3. The zero-order valence-electron chi connectivity index (χ0n) is 13.2. The van der Waals surface area contributed by atoms with Crippen molar-refractivity contribution >= 4 is 11.0 Å². The predicted octanol–water partition coefficient (Wildman–Crippen LogP) is 3.41. The fraction of sp³-hybridized carbons (Fsp3) is 0.529. The first kappa shape index (κ1) is 15.5. The number of nitriles is 1. The van der Waals surface area contributed by atoms with Gasteiger partial charge in [-0.25, -0.2) is 4.98 Å². The lowest BCUT2D eigenvalue weighted by molar-refractivity contribution is 0.395. The molecule has 0 aliphatic rings. The largest absolute Gasteiger partial charge is 0.328 e. The summed E-state index contributed by atoms with van der Waals surface area (Å²) >= 11 is 0. The molecule has 0 fully saturated rings. The molecule has 0 radical (unpaired) electrons. The van der Waals surface area contributed by atoms with Crippen molar-refractivity contribution < 1.29 is 0 Å². The first-order valence-corrected chi connectivity index (χ1v) is 7.68. The summed E-state index contributed by atoms with van der Waals surface area (Å²) in [5.41, 5.74) is 1.79. The lowest BCUT2D eigenvalue weighted by Gasteiger charge is -2.23. The van der Waals surface area contributed by atoms with Gasteiger partial charge in [0, 0.05) is 6.54 Å². The molecule has 1 unspecified atom stereocenters. The summed E-state index contributed by atoms with van der Waals surface area (Å²) < 4.78 is 2.24. The Labute approximate surface area is 126 Å². The SMILES string of the molecule is CCCNC(C)(C#N)CCCn1c(C)nc2ccccc21. The Morgan fingerprint density at radius 1 is 1.38 bits per heavy atom. The molecule has 0 saturated carbocycles. The smallest absolute Gasteiger partial charge is 0.106 e. The van der Waals surface area contributed by atoms with E-state index < -0.39 is 5.54 Å². The van der Waals surface area contributed by atoms with Crippen LogP contribution in [0.5, 0.6) is 0 Å². The summed E-state index contributed by atoms with van der Waals surface area (Å²) in [4.78, 5) is 4.58. The van der Waals surface area contributed by atoms with Crippen molar-refractivity contribution in [3.05, 3.63) is 30.1 Å². The summed E-state index contributed by atoms with van der Waals surface area (Å²) in [6.07, 6.45) is 2.85. The Morgan fingerprint density at radius 2 is 2.14 bits per heavy atom. The van der Waals surface area contributed by atoms with Crippen molar-refractivity contribution in [2.75, 3.05) is 6.54 Å². The molecule has 0 bridgehead atoms. The van der Waals surface area contributed by atoms with Gasteiger partial charge in [-0.1, -0.05) is 19.1 Å². The van der Waals surface area contributed by atoms with Crippen LogP contribution in [0.1, 0.15) is 38.9 Å². The first-order valence-electron chi connectivity index (χ1n) is 7.68. The Hall–Kier alpha value is -1.86. The van der Waals surface area contributed by atoms with Gasteiger partial charge in [0.25, 0.3) is 0 Å². The molecule has 0 aliphatic heterocycles. The molecule has 4 heteroatoms. The van der Waals surface area contributed by atoms with E-state index in [1.807, 2.05) is 32.0 Å². The quantitative estimate of drug-likeness (QED) is 0.847. The third kappa shape index (κ3) is 3.62. The fourth-order valence-corrected chi connectivity index (χ4v) is 2.65. The Bertz CT molecular complexity index is 638. The van der Waals surface area contributed by atoms with Gasteiger partial charge < -0.3 is 4.57 Å².